The van der Waals surface area contributed by atoms with Crippen LogP contribution in [0.2, 0.25) is 0 Å². The zero-order valence-electron chi connectivity index (χ0n) is 21.3. The van der Waals surface area contributed by atoms with Crippen LogP contribution in [-0.4, -0.2) is 48.9 Å². The molecule has 2 aliphatic rings. The Hall–Kier alpha value is -3.88. The second-order valence-corrected chi connectivity index (χ2v) is 9.54. The monoisotopic (exact) mass is 509 g/mol. The number of rotatable bonds is 6. The average molecular weight is 510 g/mol. The molecule has 2 aromatic rings. The SMILES string of the molecule is CC(C)C[C@@H]1NC(=O)[C@@H](NC(=O)OCc2ccccc2)Cc2ccc(cc2)OCCC[C@@H](C=O)NC1=O. The van der Waals surface area contributed by atoms with Crippen molar-refractivity contribution in [1.29, 1.82) is 0 Å². The topological polar surface area (TPSA) is 123 Å². The Bertz CT molecular complexity index is 1040. The standard InChI is InChI=1S/C28H35N3O6/c1-19(2)15-24-26(33)29-22(17-32)9-6-14-36-23-12-10-20(11-13-23)16-25(27(34)30-24)31-28(35)37-18-21-7-4-3-5-8-21/h3-5,7-8,10-13,17,19,22,24-25H,6,9,14-16,18H2,1-2H3,(H,29,33)(H,30,34)(H,31,35)/t22-,24-,25-/m0/s1. The number of fused-ring (bicyclic) bond motifs is 13. The van der Waals surface area contributed by atoms with E-state index in [1.807, 2.05) is 56.3 Å². The van der Waals surface area contributed by atoms with Gasteiger partial charge in [-0.25, -0.2) is 4.79 Å². The minimum Gasteiger partial charge on any atom is -0.494 e. The Morgan fingerprint density at radius 3 is 2.49 bits per heavy atom. The smallest absolute Gasteiger partial charge is 0.408 e. The Morgan fingerprint density at radius 2 is 1.81 bits per heavy atom. The number of hydrogen-bond acceptors (Lipinski definition) is 6. The van der Waals surface area contributed by atoms with Crippen molar-refractivity contribution >= 4 is 24.2 Å². The molecule has 0 unspecified atom stereocenters. The van der Waals surface area contributed by atoms with E-state index in [1.54, 1.807) is 12.1 Å². The molecule has 2 aromatic carbocycles. The number of hydrogen-bond donors (Lipinski definition) is 3. The second-order valence-electron chi connectivity index (χ2n) is 9.54. The molecule has 2 aliphatic heterocycles. The van der Waals surface area contributed by atoms with Gasteiger partial charge in [0.05, 0.1) is 12.6 Å². The van der Waals surface area contributed by atoms with E-state index in [2.05, 4.69) is 16.0 Å². The first-order valence-corrected chi connectivity index (χ1v) is 12.6. The number of carbonyl (C=O) groups excluding carboxylic acids is 4. The fraction of sp³-hybridized carbons (Fsp3) is 0.429. The lowest BCUT2D eigenvalue weighted by molar-refractivity contribution is -0.131. The van der Waals surface area contributed by atoms with E-state index in [1.165, 1.54) is 0 Å². The molecule has 4 rings (SSSR count). The molecule has 9 heteroatoms. The molecule has 37 heavy (non-hydrogen) atoms. The molecule has 3 amide bonds. The van der Waals surface area contributed by atoms with Crippen LogP contribution >= 0.6 is 0 Å². The van der Waals surface area contributed by atoms with Crippen LogP contribution in [0, 0.1) is 5.92 Å². The van der Waals surface area contributed by atoms with E-state index < -0.39 is 36.0 Å². The fourth-order valence-electron chi connectivity index (χ4n) is 4.00. The molecule has 2 bridgehead atoms. The van der Waals surface area contributed by atoms with Gasteiger partial charge >= 0.3 is 6.09 Å². The highest BCUT2D eigenvalue weighted by molar-refractivity contribution is 5.92. The third-order valence-corrected chi connectivity index (χ3v) is 5.94. The predicted octanol–water partition coefficient (Wildman–Crippen LogP) is 2.91. The summed E-state index contributed by atoms with van der Waals surface area (Å²) >= 11 is 0. The first-order valence-electron chi connectivity index (χ1n) is 12.6. The second kappa shape index (κ2) is 14.0. The molecule has 0 spiro atoms. The highest BCUT2D eigenvalue weighted by Gasteiger charge is 2.29. The number of ether oxygens (including phenoxy) is 2. The predicted molar refractivity (Wildman–Crippen MR) is 138 cm³/mol. The van der Waals surface area contributed by atoms with Crippen molar-refractivity contribution in [2.45, 2.75) is 64.3 Å². The van der Waals surface area contributed by atoms with E-state index in [4.69, 9.17) is 9.47 Å². The third-order valence-electron chi connectivity index (χ3n) is 5.94. The van der Waals surface area contributed by atoms with Crippen molar-refractivity contribution in [1.82, 2.24) is 16.0 Å². The number of aldehydes is 1. The van der Waals surface area contributed by atoms with Gasteiger partial charge in [0.25, 0.3) is 0 Å². The molecular weight excluding hydrogens is 474 g/mol. The van der Waals surface area contributed by atoms with Gasteiger partial charge in [-0.05, 0) is 48.4 Å². The van der Waals surface area contributed by atoms with Crippen molar-refractivity contribution in [2.24, 2.45) is 5.92 Å². The Kier molecular flexibility index (Phi) is 10.5. The van der Waals surface area contributed by atoms with Gasteiger partial charge in [0.2, 0.25) is 11.8 Å². The van der Waals surface area contributed by atoms with Gasteiger partial charge in [-0.3, -0.25) is 9.59 Å². The highest BCUT2D eigenvalue weighted by atomic mass is 16.5. The van der Waals surface area contributed by atoms with Crippen LogP contribution in [0.25, 0.3) is 0 Å². The summed E-state index contributed by atoms with van der Waals surface area (Å²) in [4.78, 5) is 50.5. The van der Waals surface area contributed by atoms with Gasteiger partial charge in [0.1, 0.15) is 30.7 Å². The van der Waals surface area contributed by atoms with E-state index in [0.717, 1.165) is 11.1 Å². The molecular formula is C28H35N3O6. The van der Waals surface area contributed by atoms with E-state index >= 15 is 0 Å². The molecule has 3 atom stereocenters. The van der Waals surface area contributed by atoms with Crippen LogP contribution in [0.5, 0.6) is 5.75 Å². The number of amides is 3. The summed E-state index contributed by atoms with van der Waals surface area (Å²) in [6.07, 6.45) is 1.48. The van der Waals surface area contributed by atoms with Crippen molar-refractivity contribution in [3.63, 3.8) is 0 Å². The number of carbonyl (C=O) groups is 4. The Morgan fingerprint density at radius 1 is 1.08 bits per heavy atom. The third kappa shape index (κ3) is 9.25. The van der Waals surface area contributed by atoms with Crippen LogP contribution in [0.1, 0.15) is 44.2 Å². The molecule has 9 nitrogen and oxygen atoms in total. The van der Waals surface area contributed by atoms with Gasteiger partial charge in [-0.2, -0.15) is 0 Å². The first kappa shape index (κ1) is 27.7. The molecule has 0 aliphatic carbocycles. The number of alkyl carbamates (subject to hydrolysis) is 1. The molecule has 0 fully saturated rings. The van der Waals surface area contributed by atoms with Crippen LogP contribution in [0.4, 0.5) is 4.79 Å². The Balaban J connectivity index is 1.80. The summed E-state index contributed by atoms with van der Waals surface area (Å²) in [5, 5.41) is 8.15. The van der Waals surface area contributed by atoms with Crippen LogP contribution in [-0.2, 0) is 32.1 Å². The van der Waals surface area contributed by atoms with Crippen molar-refractivity contribution in [2.75, 3.05) is 6.61 Å². The zero-order valence-corrected chi connectivity index (χ0v) is 21.3. The molecule has 3 N–H and O–H groups in total. The molecule has 0 saturated carbocycles. The van der Waals surface area contributed by atoms with Gasteiger partial charge in [-0.1, -0.05) is 56.3 Å². The zero-order chi connectivity index (χ0) is 26.6. The van der Waals surface area contributed by atoms with Gasteiger partial charge in [0.15, 0.2) is 0 Å². The van der Waals surface area contributed by atoms with Crippen LogP contribution in [0.3, 0.4) is 0 Å². The number of nitrogens with one attached hydrogen (secondary N) is 3. The quantitative estimate of drug-likeness (QED) is 0.515. The summed E-state index contributed by atoms with van der Waals surface area (Å²) < 4.78 is 11.1. The van der Waals surface area contributed by atoms with Crippen LogP contribution < -0.4 is 20.7 Å². The van der Waals surface area contributed by atoms with Gasteiger partial charge in [0, 0.05) is 6.42 Å². The Labute approximate surface area is 217 Å². The normalized spacial score (nSPS) is 20.9. The van der Waals surface area contributed by atoms with E-state index in [-0.39, 0.29) is 18.9 Å². The number of benzene rings is 2. The first-order chi connectivity index (χ1) is 17.8. The summed E-state index contributed by atoms with van der Waals surface area (Å²) in [5.74, 6) is -0.219. The molecule has 2 heterocycles. The van der Waals surface area contributed by atoms with Gasteiger partial charge < -0.3 is 30.2 Å². The van der Waals surface area contributed by atoms with Crippen molar-refractivity contribution in [3.8, 4) is 5.75 Å². The maximum absolute atomic E-state index is 13.4. The van der Waals surface area contributed by atoms with E-state index in [9.17, 15) is 19.2 Å². The maximum atomic E-state index is 13.4. The molecule has 0 radical (unpaired) electrons. The summed E-state index contributed by atoms with van der Waals surface area (Å²) in [6, 6.07) is 13.9. The maximum Gasteiger partial charge on any atom is 0.408 e. The summed E-state index contributed by atoms with van der Waals surface area (Å²) in [7, 11) is 0. The average Bonchev–Trinajstić information content (AvgIpc) is 2.89. The fourth-order valence-corrected chi connectivity index (χ4v) is 4.00. The summed E-state index contributed by atoms with van der Waals surface area (Å²) in [5.41, 5.74) is 1.61. The molecule has 0 saturated heterocycles. The minimum absolute atomic E-state index is 0.0541. The van der Waals surface area contributed by atoms with Crippen molar-refractivity contribution in [3.05, 3.63) is 65.7 Å². The van der Waals surface area contributed by atoms with Crippen molar-refractivity contribution < 1.29 is 28.7 Å². The van der Waals surface area contributed by atoms with E-state index in [0.29, 0.717) is 37.9 Å². The lowest BCUT2D eigenvalue weighted by Gasteiger charge is -2.25. The summed E-state index contributed by atoms with van der Waals surface area (Å²) in [6.45, 7) is 4.32. The lowest BCUT2D eigenvalue weighted by Crippen LogP contribution is -2.56. The highest BCUT2D eigenvalue weighted by Crippen LogP contribution is 2.16. The van der Waals surface area contributed by atoms with Gasteiger partial charge in [-0.15, -0.1) is 0 Å². The minimum atomic E-state index is -0.993. The van der Waals surface area contributed by atoms with Crippen LogP contribution in [0.15, 0.2) is 54.6 Å². The lowest BCUT2D eigenvalue weighted by atomic mass is 10.0. The largest absolute Gasteiger partial charge is 0.494 e. The molecule has 0 aromatic heterocycles. The molecule has 198 valence electrons.